The Labute approximate surface area is 139 Å². The fraction of sp³-hybridized carbons (Fsp3) is 0.533. The average molecular weight is 370 g/mol. The summed E-state index contributed by atoms with van der Waals surface area (Å²) in [5.41, 5.74) is 0.406. The minimum Gasteiger partial charge on any atom is -0.475 e. The number of halogens is 6. The number of carbonyl (C=O) groups is 1. The van der Waals surface area contributed by atoms with Gasteiger partial charge in [0.05, 0.1) is 5.56 Å². The van der Waals surface area contributed by atoms with Gasteiger partial charge in [0.1, 0.15) is 0 Å². The fourth-order valence-electron chi connectivity index (χ4n) is 2.88. The lowest BCUT2D eigenvalue weighted by molar-refractivity contribution is -0.192. The number of benzene rings is 1. The van der Waals surface area contributed by atoms with Crippen molar-refractivity contribution in [3.05, 3.63) is 29.8 Å². The van der Waals surface area contributed by atoms with Crippen molar-refractivity contribution in [3.8, 4) is 0 Å². The van der Waals surface area contributed by atoms with Crippen LogP contribution in [-0.2, 0) is 11.0 Å². The molecule has 0 unspecified atom stereocenters. The Balaban J connectivity index is 0.000000277. The van der Waals surface area contributed by atoms with Crippen LogP contribution in [0.25, 0.3) is 0 Å². The second-order valence-electron chi connectivity index (χ2n) is 6.23. The molecule has 3 N–H and O–H groups in total. The number of hydrogen-bond donors (Lipinski definition) is 3. The van der Waals surface area contributed by atoms with Gasteiger partial charge in [-0.25, -0.2) is 4.79 Å². The Morgan fingerprint density at radius 3 is 2.12 bits per heavy atom. The van der Waals surface area contributed by atoms with Gasteiger partial charge in [-0.2, -0.15) is 26.3 Å². The summed E-state index contributed by atoms with van der Waals surface area (Å²) in [4.78, 5) is 8.90. The summed E-state index contributed by atoms with van der Waals surface area (Å²) >= 11 is 0. The molecule has 1 saturated heterocycles. The van der Waals surface area contributed by atoms with Gasteiger partial charge in [0, 0.05) is 24.8 Å². The van der Waals surface area contributed by atoms with Crippen molar-refractivity contribution in [3.63, 3.8) is 0 Å². The number of alkyl halides is 6. The van der Waals surface area contributed by atoms with Crippen molar-refractivity contribution in [2.45, 2.75) is 31.2 Å². The van der Waals surface area contributed by atoms with Crippen LogP contribution in [0.15, 0.2) is 24.3 Å². The largest absolute Gasteiger partial charge is 0.490 e. The van der Waals surface area contributed by atoms with Gasteiger partial charge < -0.3 is 15.7 Å². The molecule has 1 aliphatic carbocycles. The maximum absolute atomic E-state index is 12.6. The van der Waals surface area contributed by atoms with Gasteiger partial charge in [-0.1, -0.05) is 6.07 Å². The van der Waals surface area contributed by atoms with Crippen molar-refractivity contribution in [2.75, 3.05) is 18.4 Å². The van der Waals surface area contributed by atoms with Gasteiger partial charge in [-0.3, -0.25) is 0 Å². The van der Waals surface area contributed by atoms with Gasteiger partial charge >= 0.3 is 18.3 Å². The molecule has 2 aliphatic rings. The molecule has 0 radical (unpaired) electrons. The Hall–Kier alpha value is -1.97. The molecule has 3 rings (SSSR count). The highest BCUT2D eigenvalue weighted by Gasteiger charge is 2.48. The highest BCUT2D eigenvalue weighted by molar-refractivity contribution is 5.73. The van der Waals surface area contributed by atoms with Crippen molar-refractivity contribution in [1.82, 2.24) is 5.32 Å². The van der Waals surface area contributed by atoms with E-state index in [0.29, 0.717) is 17.1 Å². The molecule has 0 aromatic heterocycles. The van der Waals surface area contributed by atoms with E-state index in [1.54, 1.807) is 6.07 Å². The van der Waals surface area contributed by atoms with Crippen LogP contribution in [0.3, 0.4) is 0 Å². The molecular weight excluding hydrogens is 354 g/mol. The molecule has 1 saturated carbocycles. The predicted molar refractivity (Wildman–Crippen MR) is 77.1 cm³/mol. The minimum absolute atomic E-state index is 0.315. The molecule has 1 aromatic rings. The van der Waals surface area contributed by atoms with Crippen LogP contribution >= 0.6 is 0 Å². The molecular formula is C15H16F6N2O2. The van der Waals surface area contributed by atoms with E-state index < -0.39 is 23.9 Å². The lowest BCUT2D eigenvalue weighted by Gasteiger charge is -2.54. The quantitative estimate of drug-likeness (QED) is 0.698. The monoisotopic (exact) mass is 370 g/mol. The van der Waals surface area contributed by atoms with E-state index in [0.717, 1.165) is 32.0 Å². The zero-order valence-corrected chi connectivity index (χ0v) is 12.8. The predicted octanol–water partition coefficient (Wildman–Crippen LogP) is 3.50. The van der Waals surface area contributed by atoms with E-state index in [4.69, 9.17) is 9.90 Å². The molecule has 1 spiro atoms. The molecule has 10 heteroatoms. The lowest BCUT2D eigenvalue weighted by atomic mass is 9.61. The van der Waals surface area contributed by atoms with Crippen LogP contribution in [-0.4, -0.2) is 36.4 Å². The molecule has 1 aromatic carbocycles. The van der Waals surface area contributed by atoms with Crippen LogP contribution in [0.4, 0.5) is 32.0 Å². The number of carboxylic acid groups (broad SMARTS) is 1. The van der Waals surface area contributed by atoms with E-state index in [9.17, 15) is 26.3 Å². The van der Waals surface area contributed by atoms with Gasteiger partial charge in [0.25, 0.3) is 0 Å². The maximum atomic E-state index is 12.6. The number of carboxylic acids is 1. The number of aliphatic carboxylic acids is 1. The molecule has 0 atom stereocenters. The summed E-state index contributed by atoms with van der Waals surface area (Å²) < 4.78 is 69.4. The zero-order valence-electron chi connectivity index (χ0n) is 12.8. The van der Waals surface area contributed by atoms with Crippen molar-refractivity contribution in [2.24, 2.45) is 5.41 Å². The summed E-state index contributed by atoms with van der Waals surface area (Å²) in [6.45, 7) is 2.10. The molecule has 1 aliphatic heterocycles. The number of rotatable bonds is 2. The fourth-order valence-corrected chi connectivity index (χ4v) is 2.88. The molecule has 25 heavy (non-hydrogen) atoms. The van der Waals surface area contributed by atoms with Gasteiger partial charge in [-0.05, 0) is 36.5 Å². The summed E-state index contributed by atoms with van der Waals surface area (Å²) in [6, 6.07) is 5.74. The third-order valence-electron chi connectivity index (χ3n) is 4.16. The summed E-state index contributed by atoms with van der Waals surface area (Å²) in [5, 5.41) is 13.6. The first-order chi connectivity index (χ1) is 11.4. The molecule has 0 bridgehead atoms. The zero-order chi connectivity index (χ0) is 18.9. The first-order valence-corrected chi connectivity index (χ1v) is 7.36. The van der Waals surface area contributed by atoms with Crippen molar-refractivity contribution in [1.29, 1.82) is 0 Å². The standard InChI is InChI=1S/C13H15F3N2.C2HF3O2/c14-13(15,16)9-2-1-3-10(4-9)18-11-5-12(6-11)7-17-8-12;3-2(4,5)1(6)7/h1-4,11,17-18H,5-8H2;(H,6,7). The Morgan fingerprint density at radius 2 is 1.72 bits per heavy atom. The maximum Gasteiger partial charge on any atom is 0.490 e. The summed E-state index contributed by atoms with van der Waals surface area (Å²) in [7, 11) is 0. The summed E-state index contributed by atoms with van der Waals surface area (Å²) in [6.07, 6.45) is -7.25. The van der Waals surface area contributed by atoms with E-state index in [-0.39, 0.29) is 0 Å². The second kappa shape index (κ2) is 6.74. The minimum atomic E-state index is -5.08. The number of hydrogen-bond acceptors (Lipinski definition) is 3. The normalized spacial score (nSPS) is 19.3. The smallest absolute Gasteiger partial charge is 0.475 e. The van der Waals surface area contributed by atoms with Crippen LogP contribution in [0, 0.1) is 5.41 Å². The van der Waals surface area contributed by atoms with E-state index in [2.05, 4.69) is 10.6 Å². The highest BCUT2D eigenvalue weighted by Crippen LogP contribution is 2.45. The topological polar surface area (TPSA) is 61.4 Å². The average Bonchev–Trinajstić information content (AvgIpc) is 2.39. The van der Waals surface area contributed by atoms with Gasteiger partial charge in [0.15, 0.2) is 0 Å². The van der Waals surface area contributed by atoms with Crippen LogP contribution < -0.4 is 10.6 Å². The molecule has 140 valence electrons. The van der Waals surface area contributed by atoms with Crippen LogP contribution in [0.5, 0.6) is 0 Å². The first-order valence-electron chi connectivity index (χ1n) is 7.36. The lowest BCUT2D eigenvalue weighted by Crippen LogP contribution is -2.63. The Kier molecular flexibility index (Phi) is 5.22. The van der Waals surface area contributed by atoms with E-state index in [1.807, 2.05) is 0 Å². The SMILES string of the molecule is FC(F)(F)c1cccc(NC2CC3(CNC3)C2)c1.O=C(O)C(F)(F)F. The van der Waals surface area contributed by atoms with Crippen LogP contribution in [0.1, 0.15) is 18.4 Å². The molecule has 2 fully saturated rings. The van der Waals surface area contributed by atoms with E-state index >= 15 is 0 Å². The highest BCUT2D eigenvalue weighted by atomic mass is 19.4. The van der Waals surface area contributed by atoms with Gasteiger partial charge in [-0.15, -0.1) is 0 Å². The first kappa shape index (κ1) is 19.4. The third kappa shape index (κ3) is 5.00. The Bertz CT molecular complexity index is 617. The summed E-state index contributed by atoms with van der Waals surface area (Å²) in [5.74, 6) is -2.76. The number of nitrogens with one attached hydrogen (secondary N) is 2. The van der Waals surface area contributed by atoms with Crippen LogP contribution in [0.2, 0.25) is 0 Å². The van der Waals surface area contributed by atoms with E-state index in [1.165, 1.54) is 12.1 Å². The Morgan fingerprint density at radius 1 is 1.16 bits per heavy atom. The van der Waals surface area contributed by atoms with Crippen molar-refractivity contribution < 1.29 is 36.2 Å². The van der Waals surface area contributed by atoms with Crippen molar-refractivity contribution >= 4 is 11.7 Å². The molecule has 4 nitrogen and oxygen atoms in total. The second-order valence-corrected chi connectivity index (χ2v) is 6.23. The third-order valence-corrected chi connectivity index (χ3v) is 4.16. The molecule has 1 heterocycles. The van der Waals surface area contributed by atoms with Gasteiger partial charge in [0.2, 0.25) is 0 Å². The number of anilines is 1. The molecule has 0 amide bonds.